The van der Waals surface area contributed by atoms with Crippen LogP contribution < -0.4 is 10.5 Å². The summed E-state index contributed by atoms with van der Waals surface area (Å²) in [6.45, 7) is 2.10. The van der Waals surface area contributed by atoms with Crippen molar-refractivity contribution < 1.29 is 4.74 Å². The molecule has 1 unspecified atom stereocenters. The molecule has 0 saturated heterocycles. The average Bonchev–Trinajstić information content (AvgIpc) is 2.16. The number of ether oxygens (including phenoxy) is 1. The Hall–Kier alpha value is -1.02. The lowest BCUT2D eigenvalue weighted by atomic mass is 9.73. The van der Waals surface area contributed by atoms with Crippen molar-refractivity contribution in [2.45, 2.75) is 44.2 Å². The van der Waals surface area contributed by atoms with Crippen LogP contribution in [0.25, 0.3) is 0 Å². The van der Waals surface area contributed by atoms with E-state index in [4.69, 9.17) is 10.5 Å². The van der Waals surface area contributed by atoms with Crippen molar-refractivity contribution in [3.63, 3.8) is 0 Å². The van der Waals surface area contributed by atoms with E-state index >= 15 is 0 Å². The van der Waals surface area contributed by atoms with Crippen LogP contribution in [-0.4, -0.2) is 5.60 Å². The number of hydrogen-bond acceptors (Lipinski definition) is 2. The standard InChI is InChI=1S/C13H17NO/c1-9-3-4-12-10(7-9)11(14)8-13(15-12)5-2-6-13/h3-4,7,11H,2,5-6,8,14H2,1H3. The topological polar surface area (TPSA) is 35.2 Å². The summed E-state index contributed by atoms with van der Waals surface area (Å²) in [4.78, 5) is 0. The zero-order valence-electron chi connectivity index (χ0n) is 9.12. The molecule has 2 aliphatic rings. The lowest BCUT2D eigenvalue weighted by Crippen LogP contribution is -2.48. The average molecular weight is 203 g/mol. The van der Waals surface area contributed by atoms with Crippen molar-refractivity contribution in [3.8, 4) is 5.75 Å². The van der Waals surface area contributed by atoms with E-state index in [1.54, 1.807) is 0 Å². The number of rotatable bonds is 0. The minimum absolute atomic E-state index is 0.0850. The quantitative estimate of drug-likeness (QED) is 0.703. The van der Waals surface area contributed by atoms with Gasteiger partial charge in [0.1, 0.15) is 11.4 Å². The first kappa shape index (κ1) is 9.22. The van der Waals surface area contributed by atoms with Crippen LogP contribution in [0.2, 0.25) is 0 Å². The van der Waals surface area contributed by atoms with E-state index < -0.39 is 0 Å². The summed E-state index contributed by atoms with van der Waals surface area (Å²) in [5, 5.41) is 0. The molecule has 0 aromatic heterocycles. The molecular formula is C13H17NO. The van der Waals surface area contributed by atoms with Gasteiger partial charge in [0.2, 0.25) is 0 Å². The van der Waals surface area contributed by atoms with Crippen molar-refractivity contribution in [1.82, 2.24) is 0 Å². The summed E-state index contributed by atoms with van der Waals surface area (Å²) in [5.41, 5.74) is 8.75. The third kappa shape index (κ3) is 1.36. The van der Waals surface area contributed by atoms with E-state index in [9.17, 15) is 0 Å². The number of aryl methyl sites for hydroxylation is 1. The Bertz CT molecular complexity index is 396. The lowest BCUT2D eigenvalue weighted by Gasteiger charge is -2.47. The van der Waals surface area contributed by atoms with Gasteiger partial charge in [0.25, 0.3) is 0 Å². The molecule has 1 aromatic carbocycles. The van der Waals surface area contributed by atoms with Crippen LogP contribution in [0.5, 0.6) is 5.75 Å². The Labute approximate surface area is 90.4 Å². The maximum atomic E-state index is 6.22. The van der Waals surface area contributed by atoms with Crippen LogP contribution in [0.3, 0.4) is 0 Å². The fraction of sp³-hybridized carbons (Fsp3) is 0.538. The second kappa shape index (κ2) is 2.99. The van der Waals surface area contributed by atoms with Crippen LogP contribution in [0, 0.1) is 6.92 Å². The number of hydrogen-bond donors (Lipinski definition) is 1. The van der Waals surface area contributed by atoms with Crippen LogP contribution in [0.15, 0.2) is 18.2 Å². The Morgan fingerprint density at radius 2 is 2.20 bits per heavy atom. The summed E-state index contributed by atoms with van der Waals surface area (Å²) in [7, 11) is 0. The fourth-order valence-corrected chi connectivity index (χ4v) is 2.71. The van der Waals surface area contributed by atoms with Gasteiger partial charge in [-0.25, -0.2) is 0 Å². The highest BCUT2D eigenvalue weighted by atomic mass is 16.5. The molecule has 2 nitrogen and oxygen atoms in total. The predicted molar refractivity (Wildman–Crippen MR) is 59.9 cm³/mol. The molecule has 2 heteroatoms. The molecule has 1 saturated carbocycles. The lowest BCUT2D eigenvalue weighted by molar-refractivity contribution is -0.0329. The highest BCUT2D eigenvalue weighted by Gasteiger charge is 2.44. The highest BCUT2D eigenvalue weighted by Crippen LogP contribution is 2.48. The molecule has 0 radical (unpaired) electrons. The van der Waals surface area contributed by atoms with Crippen molar-refractivity contribution in [1.29, 1.82) is 0 Å². The summed E-state index contributed by atoms with van der Waals surface area (Å²) in [6, 6.07) is 6.49. The molecule has 1 aromatic rings. The zero-order valence-corrected chi connectivity index (χ0v) is 9.12. The molecule has 2 N–H and O–H groups in total. The molecule has 80 valence electrons. The molecule has 1 heterocycles. The molecule has 1 aliphatic heterocycles. The van der Waals surface area contributed by atoms with Crippen molar-refractivity contribution in [2.75, 3.05) is 0 Å². The molecule has 0 bridgehead atoms. The first-order valence-electron chi connectivity index (χ1n) is 5.74. The molecule has 1 aliphatic carbocycles. The van der Waals surface area contributed by atoms with Crippen molar-refractivity contribution >= 4 is 0 Å². The van der Waals surface area contributed by atoms with Gasteiger partial charge in [-0.2, -0.15) is 0 Å². The van der Waals surface area contributed by atoms with Gasteiger partial charge in [-0.15, -0.1) is 0 Å². The zero-order chi connectivity index (χ0) is 10.5. The van der Waals surface area contributed by atoms with Crippen LogP contribution >= 0.6 is 0 Å². The Balaban J connectivity index is 2.01. The Morgan fingerprint density at radius 3 is 2.87 bits per heavy atom. The summed E-state index contributed by atoms with van der Waals surface area (Å²) in [6.07, 6.45) is 4.62. The summed E-state index contributed by atoms with van der Waals surface area (Å²) >= 11 is 0. The molecular weight excluding hydrogens is 186 g/mol. The molecule has 3 rings (SSSR count). The highest BCUT2D eigenvalue weighted by molar-refractivity contribution is 5.41. The second-order valence-corrected chi connectivity index (χ2v) is 4.99. The van der Waals surface area contributed by atoms with Gasteiger partial charge in [0, 0.05) is 18.0 Å². The van der Waals surface area contributed by atoms with Gasteiger partial charge >= 0.3 is 0 Å². The van der Waals surface area contributed by atoms with E-state index in [0.29, 0.717) is 0 Å². The van der Waals surface area contributed by atoms with Gasteiger partial charge in [0.15, 0.2) is 0 Å². The fourth-order valence-electron chi connectivity index (χ4n) is 2.71. The summed E-state index contributed by atoms with van der Waals surface area (Å²) < 4.78 is 6.10. The molecule has 1 spiro atoms. The maximum Gasteiger partial charge on any atom is 0.124 e. The van der Waals surface area contributed by atoms with Crippen LogP contribution in [-0.2, 0) is 0 Å². The largest absolute Gasteiger partial charge is 0.487 e. The number of benzene rings is 1. The first-order valence-corrected chi connectivity index (χ1v) is 5.74. The SMILES string of the molecule is Cc1ccc2c(c1)C(N)CC1(CCC1)O2. The Kier molecular flexibility index (Phi) is 1.84. The maximum absolute atomic E-state index is 6.22. The minimum Gasteiger partial charge on any atom is -0.487 e. The van der Waals surface area contributed by atoms with Gasteiger partial charge < -0.3 is 10.5 Å². The van der Waals surface area contributed by atoms with Gasteiger partial charge in [-0.3, -0.25) is 0 Å². The van der Waals surface area contributed by atoms with E-state index in [1.807, 2.05) is 0 Å². The third-order valence-electron chi connectivity index (χ3n) is 3.75. The molecule has 1 atom stereocenters. The van der Waals surface area contributed by atoms with Gasteiger partial charge in [0.05, 0.1) is 0 Å². The van der Waals surface area contributed by atoms with E-state index in [2.05, 4.69) is 25.1 Å². The smallest absolute Gasteiger partial charge is 0.124 e. The monoisotopic (exact) mass is 203 g/mol. The van der Waals surface area contributed by atoms with E-state index in [1.165, 1.54) is 30.4 Å². The van der Waals surface area contributed by atoms with E-state index in [-0.39, 0.29) is 11.6 Å². The van der Waals surface area contributed by atoms with Crippen LogP contribution in [0.1, 0.15) is 42.9 Å². The van der Waals surface area contributed by atoms with E-state index in [0.717, 1.165) is 12.2 Å². The third-order valence-corrected chi connectivity index (χ3v) is 3.75. The molecule has 1 fully saturated rings. The van der Waals surface area contributed by atoms with Gasteiger partial charge in [-0.1, -0.05) is 17.7 Å². The normalized spacial score (nSPS) is 26.7. The van der Waals surface area contributed by atoms with Crippen molar-refractivity contribution in [3.05, 3.63) is 29.3 Å². The molecule has 15 heavy (non-hydrogen) atoms. The Morgan fingerprint density at radius 1 is 1.40 bits per heavy atom. The summed E-state index contributed by atoms with van der Waals surface area (Å²) in [5.74, 6) is 1.01. The second-order valence-electron chi connectivity index (χ2n) is 4.99. The number of fused-ring (bicyclic) bond motifs is 1. The molecule has 0 amide bonds. The van der Waals surface area contributed by atoms with Crippen LogP contribution in [0.4, 0.5) is 0 Å². The van der Waals surface area contributed by atoms with Crippen molar-refractivity contribution in [2.24, 2.45) is 5.73 Å². The van der Waals surface area contributed by atoms with Gasteiger partial charge in [-0.05, 0) is 32.3 Å². The number of nitrogens with two attached hydrogens (primary N) is 1. The predicted octanol–water partition coefficient (Wildman–Crippen LogP) is 2.70. The first-order chi connectivity index (χ1) is 7.19. The minimum atomic E-state index is 0.0850.